The van der Waals surface area contributed by atoms with E-state index in [0.29, 0.717) is 6.54 Å². The molecule has 0 unspecified atom stereocenters. The Bertz CT molecular complexity index is 387. The van der Waals surface area contributed by atoms with Gasteiger partial charge in [-0.05, 0) is 18.9 Å². The summed E-state index contributed by atoms with van der Waals surface area (Å²) in [6, 6.07) is 0. The Morgan fingerprint density at radius 3 is 1.92 bits per heavy atom. The van der Waals surface area contributed by atoms with Crippen LogP contribution < -0.4 is 5.11 Å². The van der Waals surface area contributed by atoms with E-state index in [9.17, 15) is 19.5 Å². The van der Waals surface area contributed by atoms with Crippen molar-refractivity contribution >= 4 is 17.9 Å². The first-order valence-electron chi connectivity index (χ1n) is 8.45. The third-order valence-electron chi connectivity index (χ3n) is 4.02. The van der Waals surface area contributed by atoms with E-state index >= 15 is 0 Å². The van der Waals surface area contributed by atoms with Crippen molar-refractivity contribution in [3.8, 4) is 0 Å². The number of carboxylic acid groups (broad SMARTS) is 3. The van der Waals surface area contributed by atoms with E-state index in [1.165, 1.54) is 0 Å². The minimum atomic E-state index is -1.21. The maximum absolute atomic E-state index is 10.9. The lowest BCUT2D eigenvalue weighted by Crippen LogP contribution is -2.52. The van der Waals surface area contributed by atoms with Crippen LogP contribution in [0.5, 0.6) is 0 Å². The lowest BCUT2D eigenvalue weighted by Gasteiger charge is -2.37. The molecule has 24 heavy (non-hydrogen) atoms. The molecule has 0 aromatic rings. The first-order chi connectivity index (χ1) is 11.3. The summed E-state index contributed by atoms with van der Waals surface area (Å²) in [5.41, 5.74) is 0. The molecule has 0 aliphatic rings. The summed E-state index contributed by atoms with van der Waals surface area (Å²) in [5, 5.41) is 28.7. The van der Waals surface area contributed by atoms with Gasteiger partial charge in [0.15, 0.2) is 0 Å². The summed E-state index contributed by atoms with van der Waals surface area (Å²) in [5.74, 6) is -3.17. The van der Waals surface area contributed by atoms with Crippen LogP contribution in [0, 0.1) is 0 Å². The Morgan fingerprint density at radius 1 is 0.917 bits per heavy atom. The van der Waals surface area contributed by atoms with Crippen molar-refractivity contribution in [1.82, 2.24) is 0 Å². The number of allylic oxidation sites excluding steroid dienone is 1. The predicted molar refractivity (Wildman–Crippen MR) is 87.1 cm³/mol. The van der Waals surface area contributed by atoms with Crippen LogP contribution in [0.15, 0.2) is 12.2 Å². The minimum absolute atomic E-state index is 0.129. The van der Waals surface area contributed by atoms with Crippen LogP contribution in [-0.2, 0) is 14.4 Å². The standard InChI is InChI=1S/C17H29NO6/c1-2-3-4-5-6-7-11-18(12-8-15(19)20,13-9-16(21)22)14-10-17(23)24/h6-7H,2-5,8-14H2,1H3,(H2-,19,20,21,22,23,24)/b7-6+. The molecule has 0 atom stereocenters. The number of hydrogen-bond donors (Lipinski definition) is 2. The third-order valence-corrected chi connectivity index (χ3v) is 4.02. The summed E-state index contributed by atoms with van der Waals surface area (Å²) in [4.78, 5) is 32.6. The maximum Gasteiger partial charge on any atom is 0.309 e. The molecule has 0 aromatic carbocycles. The van der Waals surface area contributed by atoms with Gasteiger partial charge < -0.3 is 24.6 Å². The van der Waals surface area contributed by atoms with Crippen molar-refractivity contribution in [3.05, 3.63) is 12.2 Å². The molecule has 0 spiro atoms. The van der Waals surface area contributed by atoms with Crippen LogP contribution in [0.25, 0.3) is 0 Å². The summed E-state index contributed by atoms with van der Waals surface area (Å²) in [7, 11) is 0. The Morgan fingerprint density at radius 2 is 1.46 bits per heavy atom. The van der Waals surface area contributed by atoms with Gasteiger partial charge in [-0.3, -0.25) is 9.59 Å². The van der Waals surface area contributed by atoms with E-state index in [1.54, 1.807) is 0 Å². The molecule has 7 heteroatoms. The van der Waals surface area contributed by atoms with Gasteiger partial charge in [0.2, 0.25) is 0 Å². The van der Waals surface area contributed by atoms with Crippen LogP contribution in [0.1, 0.15) is 51.9 Å². The lowest BCUT2D eigenvalue weighted by molar-refractivity contribution is -0.921. The molecular weight excluding hydrogens is 314 g/mol. The monoisotopic (exact) mass is 343 g/mol. The molecule has 0 aromatic heterocycles. The summed E-state index contributed by atoms with van der Waals surface area (Å²) < 4.78 is 0.136. The zero-order chi connectivity index (χ0) is 18.4. The number of carbonyl (C=O) groups is 3. The fourth-order valence-electron chi connectivity index (χ4n) is 2.53. The normalized spacial score (nSPS) is 11.7. The fraction of sp³-hybridized carbons (Fsp3) is 0.706. The van der Waals surface area contributed by atoms with E-state index < -0.39 is 17.9 Å². The van der Waals surface area contributed by atoms with Gasteiger partial charge in [-0.1, -0.05) is 25.8 Å². The molecule has 0 radical (unpaired) electrons. The number of aliphatic carboxylic acids is 3. The Hall–Kier alpha value is -1.89. The molecule has 0 aliphatic heterocycles. The van der Waals surface area contributed by atoms with Crippen LogP contribution in [-0.4, -0.2) is 58.8 Å². The molecule has 0 bridgehead atoms. The second kappa shape index (κ2) is 12.5. The van der Waals surface area contributed by atoms with Gasteiger partial charge in [-0.15, -0.1) is 0 Å². The molecule has 0 amide bonds. The topological polar surface area (TPSA) is 115 Å². The molecule has 0 saturated heterocycles. The molecule has 0 aliphatic carbocycles. The van der Waals surface area contributed by atoms with E-state index in [0.717, 1.165) is 25.7 Å². The second-order valence-corrected chi connectivity index (χ2v) is 6.07. The first kappa shape index (κ1) is 22.1. The number of unbranched alkanes of at least 4 members (excludes halogenated alkanes) is 3. The highest BCUT2D eigenvalue weighted by Gasteiger charge is 2.27. The molecule has 0 fully saturated rings. The molecule has 0 heterocycles. The fourth-order valence-corrected chi connectivity index (χ4v) is 2.53. The zero-order valence-corrected chi connectivity index (χ0v) is 14.4. The number of rotatable bonds is 15. The molecule has 2 N–H and O–H groups in total. The van der Waals surface area contributed by atoms with Crippen molar-refractivity contribution < 1.29 is 34.2 Å². The first-order valence-corrected chi connectivity index (χ1v) is 8.45. The molecular formula is C17H29NO6. The Balaban J connectivity index is 4.94. The number of hydrogen-bond acceptors (Lipinski definition) is 4. The highest BCUT2D eigenvalue weighted by molar-refractivity contribution is 5.67. The van der Waals surface area contributed by atoms with Gasteiger partial charge in [0.05, 0.1) is 39.0 Å². The SMILES string of the molecule is CCCCC/C=C/C[N+](CCC(=O)[O-])(CCC(=O)O)CCC(=O)O. The quantitative estimate of drug-likeness (QED) is 0.261. The summed E-state index contributed by atoms with van der Waals surface area (Å²) in [6.45, 7) is 3.12. The van der Waals surface area contributed by atoms with Gasteiger partial charge in [0.25, 0.3) is 0 Å². The van der Waals surface area contributed by atoms with Crippen LogP contribution >= 0.6 is 0 Å². The van der Waals surface area contributed by atoms with Crippen molar-refractivity contribution in [2.75, 3.05) is 26.2 Å². The third kappa shape index (κ3) is 11.6. The van der Waals surface area contributed by atoms with Gasteiger partial charge >= 0.3 is 11.9 Å². The van der Waals surface area contributed by atoms with E-state index in [4.69, 9.17) is 10.2 Å². The average molecular weight is 343 g/mol. The van der Waals surface area contributed by atoms with Gasteiger partial charge in [0, 0.05) is 12.4 Å². The Kier molecular flexibility index (Phi) is 11.5. The molecule has 138 valence electrons. The van der Waals surface area contributed by atoms with E-state index in [-0.39, 0.29) is 43.4 Å². The molecule has 0 saturated carbocycles. The van der Waals surface area contributed by atoms with Crippen LogP contribution in [0.4, 0.5) is 0 Å². The van der Waals surface area contributed by atoms with Gasteiger partial charge in [0.1, 0.15) is 0 Å². The minimum Gasteiger partial charge on any atom is -0.550 e. The number of quaternary nitrogens is 1. The average Bonchev–Trinajstić information content (AvgIpc) is 2.51. The zero-order valence-electron chi connectivity index (χ0n) is 14.4. The number of carbonyl (C=O) groups excluding carboxylic acids is 1. The van der Waals surface area contributed by atoms with Crippen molar-refractivity contribution in [3.63, 3.8) is 0 Å². The predicted octanol–water partition coefficient (Wildman–Crippen LogP) is 1.03. The maximum atomic E-state index is 10.9. The number of carboxylic acids is 3. The highest BCUT2D eigenvalue weighted by Crippen LogP contribution is 2.13. The van der Waals surface area contributed by atoms with Crippen molar-refractivity contribution in [1.29, 1.82) is 0 Å². The summed E-state index contributed by atoms with van der Waals surface area (Å²) in [6.07, 6.45) is 7.67. The number of nitrogens with zero attached hydrogens (tertiary/aromatic N) is 1. The molecule has 7 nitrogen and oxygen atoms in total. The smallest absolute Gasteiger partial charge is 0.309 e. The van der Waals surface area contributed by atoms with Crippen LogP contribution in [0.3, 0.4) is 0 Å². The van der Waals surface area contributed by atoms with Gasteiger partial charge in [-0.2, -0.15) is 0 Å². The van der Waals surface area contributed by atoms with Crippen LogP contribution in [0.2, 0.25) is 0 Å². The molecule has 0 rings (SSSR count). The largest absolute Gasteiger partial charge is 0.550 e. The second-order valence-electron chi connectivity index (χ2n) is 6.07. The summed E-state index contributed by atoms with van der Waals surface area (Å²) >= 11 is 0. The van der Waals surface area contributed by atoms with E-state index in [2.05, 4.69) is 6.92 Å². The van der Waals surface area contributed by atoms with E-state index in [1.807, 2.05) is 12.2 Å². The van der Waals surface area contributed by atoms with Crippen molar-refractivity contribution in [2.24, 2.45) is 0 Å². The van der Waals surface area contributed by atoms with Gasteiger partial charge in [-0.25, -0.2) is 0 Å². The highest BCUT2D eigenvalue weighted by atomic mass is 16.4. The van der Waals surface area contributed by atoms with Crippen molar-refractivity contribution in [2.45, 2.75) is 51.9 Å². The Labute approximate surface area is 143 Å². The lowest BCUT2D eigenvalue weighted by atomic mass is 10.1.